The molecule has 0 bridgehead atoms. The van der Waals surface area contributed by atoms with E-state index in [1.165, 1.54) is 0 Å². The van der Waals surface area contributed by atoms with Crippen molar-refractivity contribution in [2.45, 2.75) is 18.9 Å². The molecule has 0 aliphatic carbocycles. The third kappa shape index (κ3) is 2.49. The summed E-state index contributed by atoms with van der Waals surface area (Å²) in [5.74, 6) is 0.712. The zero-order chi connectivity index (χ0) is 10.7. The van der Waals surface area contributed by atoms with Gasteiger partial charge in [0.2, 0.25) is 0 Å². The second-order valence-corrected chi connectivity index (χ2v) is 4.10. The quantitative estimate of drug-likeness (QED) is 0.786. The fraction of sp³-hybridized carbons (Fsp3) is 0.500. The van der Waals surface area contributed by atoms with Gasteiger partial charge in [-0.2, -0.15) is 0 Å². The molecule has 2 rings (SSSR count). The van der Waals surface area contributed by atoms with E-state index in [2.05, 4.69) is 12.2 Å². The highest BCUT2D eigenvalue weighted by Gasteiger charge is 2.19. The molecule has 1 aromatic carbocycles. The standard InChI is InChI=1S/C12H17NO2/c1-9(6-13-10-7-15-8-10)11-4-2-3-5-12(11)14/h2-5,9-10,13-14H,6-8H2,1H3. The van der Waals surface area contributed by atoms with Crippen LogP contribution in [0, 0.1) is 0 Å². The third-order valence-electron chi connectivity index (χ3n) is 2.82. The zero-order valence-corrected chi connectivity index (χ0v) is 8.94. The van der Waals surface area contributed by atoms with Crippen LogP contribution >= 0.6 is 0 Å². The lowest BCUT2D eigenvalue weighted by Crippen LogP contribution is -2.47. The van der Waals surface area contributed by atoms with Gasteiger partial charge in [0.15, 0.2) is 0 Å². The van der Waals surface area contributed by atoms with E-state index in [0.29, 0.717) is 17.7 Å². The number of rotatable bonds is 4. The Hall–Kier alpha value is -1.06. The molecule has 1 unspecified atom stereocenters. The molecule has 3 nitrogen and oxygen atoms in total. The summed E-state index contributed by atoms with van der Waals surface area (Å²) < 4.78 is 5.08. The van der Waals surface area contributed by atoms with Crippen LogP contribution in [0.25, 0.3) is 0 Å². The smallest absolute Gasteiger partial charge is 0.119 e. The van der Waals surface area contributed by atoms with Gasteiger partial charge in [-0.3, -0.25) is 0 Å². The van der Waals surface area contributed by atoms with Gasteiger partial charge in [0.1, 0.15) is 5.75 Å². The van der Waals surface area contributed by atoms with Gasteiger partial charge in [0.05, 0.1) is 19.3 Å². The molecule has 3 heteroatoms. The largest absolute Gasteiger partial charge is 0.508 e. The average Bonchev–Trinajstić information content (AvgIpc) is 2.16. The van der Waals surface area contributed by atoms with E-state index < -0.39 is 0 Å². The van der Waals surface area contributed by atoms with E-state index in [0.717, 1.165) is 25.3 Å². The first-order chi connectivity index (χ1) is 7.27. The van der Waals surface area contributed by atoms with E-state index in [1.807, 2.05) is 18.2 Å². The summed E-state index contributed by atoms with van der Waals surface area (Å²) in [5.41, 5.74) is 1.00. The fourth-order valence-electron chi connectivity index (χ4n) is 1.71. The number of hydrogen-bond donors (Lipinski definition) is 2. The summed E-state index contributed by atoms with van der Waals surface area (Å²) >= 11 is 0. The van der Waals surface area contributed by atoms with Crippen molar-refractivity contribution in [1.82, 2.24) is 5.32 Å². The van der Waals surface area contributed by atoms with Gasteiger partial charge in [-0.15, -0.1) is 0 Å². The Bertz CT molecular complexity index is 323. The van der Waals surface area contributed by atoms with Crippen molar-refractivity contribution < 1.29 is 9.84 Å². The van der Waals surface area contributed by atoms with Gasteiger partial charge < -0.3 is 15.2 Å². The van der Waals surface area contributed by atoms with Crippen molar-refractivity contribution >= 4 is 0 Å². The average molecular weight is 207 g/mol. The van der Waals surface area contributed by atoms with E-state index in [1.54, 1.807) is 6.07 Å². The van der Waals surface area contributed by atoms with Crippen molar-refractivity contribution in [3.05, 3.63) is 29.8 Å². The minimum atomic E-state index is 0.326. The van der Waals surface area contributed by atoms with E-state index in [9.17, 15) is 5.11 Å². The summed E-state index contributed by atoms with van der Waals surface area (Å²) in [4.78, 5) is 0. The minimum Gasteiger partial charge on any atom is -0.508 e. The molecule has 0 spiro atoms. The normalized spacial score (nSPS) is 18.5. The maximum atomic E-state index is 9.66. The van der Waals surface area contributed by atoms with Crippen LogP contribution in [0.4, 0.5) is 0 Å². The molecule has 1 aliphatic heterocycles. The van der Waals surface area contributed by atoms with Crippen LogP contribution in [0.5, 0.6) is 5.75 Å². The van der Waals surface area contributed by atoms with Crippen molar-refractivity contribution in [2.24, 2.45) is 0 Å². The van der Waals surface area contributed by atoms with E-state index in [4.69, 9.17) is 4.74 Å². The molecule has 0 amide bonds. The minimum absolute atomic E-state index is 0.326. The predicted molar refractivity (Wildman–Crippen MR) is 59.1 cm³/mol. The number of hydrogen-bond acceptors (Lipinski definition) is 3. The Labute approximate surface area is 90.1 Å². The van der Waals surface area contributed by atoms with Crippen molar-refractivity contribution in [1.29, 1.82) is 0 Å². The summed E-state index contributed by atoms with van der Waals surface area (Å²) in [6.45, 7) is 4.62. The highest BCUT2D eigenvalue weighted by atomic mass is 16.5. The van der Waals surface area contributed by atoms with Gasteiger partial charge in [-0.1, -0.05) is 25.1 Å². The van der Waals surface area contributed by atoms with E-state index in [-0.39, 0.29) is 0 Å². The lowest BCUT2D eigenvalue weighted by atomic mass is 10.00. The lowest BCUT2D eigenvalue weighted by molar-refractivity contribution is -0.00531. The topological polar surface area (TPSA) is 41.5 Å². The predicted octanol–water partition coefficient (Wildman–Crippen LogP) is 1.48. The summed E-state index contributed by atoms with van der Waals surface area (Å²) in [5, 5.41) is 13.1. The van der Waals surface area contributed by atoms with Crippen LogP contribution in [0.1, 0.15) is 18.4 Å². The first kappa shape index (κ1) is 10.5. The number of aromatic hydroxyl groups is 1. The first-order valence-electron chi connectivity index (χ1n) is 5.36. The third-order valence-corrected chi connectivity index (χ3v) is 2.82. The molecule has 1 aromatic rings. The highest BCUT2D eigenvalue weighted by molar-refractivity contribution is 5.34. The Morgan fingerprint density at radius 2 is 2.20 bits per heavy atom. The van der Waals surface area contributed by atoms with Crippen LogP contribution in [0.15, 0.2) is 24.3 Å². The Morgan fingerprint density at radius 1 is 1.47 bits per heavy atom. The summed E-state index contributed by atoms with van der Waals surface area (Å²) in [6, 6.07) is 8.01. The number of benzene rings is 1. The maximum absolute atomic E-state index is 9.66. The van der Waals surface area contributed by atoms with E-state index >= 15 is 0 Å². The number of phenolic OH excluding ortho intramolecular Hbond substituents is 1. The zero-order valence-electron chi connectivity index (χ0n) is 8.94. The number of para-hydroxylation sites is 1. The summed E-state index contributed by atoms with van der Waals surface area (Å²) in [6.07, 6.45) is 0. The van der Waals surface area contributed by atoms with Crippen molar-refractivity contribution in [3.63, 3.8) is 0 Å². The van der Waals surface area contributed by atoms with Gasteiger partial charge in [0, 0.05) is 6.54 Å². The number of ether oxygens (including phenoxy) is 1. The number of phenols is 1. The SMILES string of the molecule is CC(CNC1COC1)c1ccccc1O. The fourth-order valence-corrected chi connectivity index (χ4v) is 1.71. The molecular formula is C12H17NO2. The molecular weight excluding hydrogens is 190 g/mol. The van der Waals surface area contributed by atoms with Crippen LogP contribution in [0.2, 0.25) is 0 Å². The van der Waals surface area contributed by atoms with Crippen molar-refractivity contribution in [3.8, 4) is 5.75 Å². The van der Waals surface area contributed by atoms with Crippen LogP contribution in [-0.2, 0) is 4.74 Å². The van der Waals surface area contributed by atoms with Gasteiger partial charge in [-0.05, 0) is 17.5 Å². The maximum Gasteiger partial charge on any atom is 0.119 e. The molecule has 0 radical (unpaired) electrons. The number of nitrogens with one attached hydrogen (secondary N) is 1. The van der Waals surface area contributed by atoms with Crippen LogP contribution in [0.3, 0.4) is 0 Å². The van der Waals surface area contributed by atoms with Crippen LogP contribution in [-0.4, -0.2) is 30.9 Å². The molecule has 15 heavy (non-hydrogen) atoms. The van der Waals surface area contributed by atoms with Crippen molar-refractivity contribution in [2.75, 3.05) is 19.8 Å². The molecule has 82 valence electrons. The molecule has 2 N–H and O–H groups in total. The van der Waals surface area contributed by atoms with Gasteiger partial charge >= 0.3 is 0 Å². The Morgan fingerprint density at radius 3 is 2.80 bits per heavy atom. The van der Waals surface area contributed by atoms with Gasteiger partial charge in [0.25, 0.3) is 0 Å². The van der Waals surface area contributed by atoms with Crippen LogP contribution < -0.4 is 5.32 Å². The first-order valence-corrected chi connectivity index (χ1v) is 5.36. The lowest BCUT2D eigenvalue weighted by Gasteiger charge is -2.28. The Kier molecular flexibility index (Phi) is 3.23. The Balaban J connectivity index is 1.89. The molecule has 1 fully saturated rings. The second kappa shape index (κ2) is 4.64. The van der Waals surface area contributed by atoms with Gasteiger partial charge in [-0.25, -0.2) is 0 Å². The highest BCUT2D eigenvalue weighted by Crippen LogP contribution is 2.24. The summed E-state index contributed by atoms with van der Waals surface area (Å²) in [7, 11) is 0. The molecule has 0 saturated carbocycles. The monoisotopic (exact) mass is 207 g/mol. The molecule has 1 saturated heterocycles. The molecule has 1 aliphatic rings. The molecule has 0 aromatic heterocycles. The molecule has 1 atom stereocenters. The molecule has 1 heterocycles. The second-order valence-electron chi connectivity index (χ2n) is 4.10.